The fraction of sp³-hybridized carbons (Fsp3) is 0.391. The zero-order chi connectivity index (χ0) is 23.0. The predicted octanol–water partition coefficient (Wildman–Crippen LogP) is 5.78. The standard InChI is InChI=1S/C23H27BrCl2N2O3/c1-4-10-27-23(30)21(5-2)28(13-16-6-7-17(25)12-20(16)26)22(29)14-31-18-8-9-19(24)15(3)11-18/h6-9,11-12,21H,4-5,10,13-14H2,1-3H3,(H,27,30). The number of benzene rings is 2. The van der Waals surface area contributed by atoms with E-state index in [9.17, 15) is 9.59 Å². The summed E-state index contributed by atoms with van der Waals surface area (Å²) in [6.07, 6.45) is 1.27. The number of nitrogens with one attached hydrogen (secondary N) is 1. The number of carbonyl (C=O) groups is 2. The van der Waals surface area contributed by atoms with Crippen LogP contribution in [-0.4, -0.2) is 35.9 Å². The number of hydrogen-bond donors (Lipinski definition) is 1. The van der Waals surface area contributed by atoms with Gasteiger partial charge in [0, 0.05) is 27.6 Å². The quantitative estimate of drug-likeness (QED) is 0.424. The Labute approximate surface area is 202 Å². The van der Waals surface area contributed by atoms with Gasteiger partial charge in [-0.3, -0.25) is 9.59 Å². The van der Waals surface area contributed by atoms with Gasteiger partial charge in [-0.05, 0) is 61.2 Å². The van der Waals surface area contributed by atoms with E-state index in [2.05, 4.69) is 21.2 Å². The molecule has 1 unspecified atom stereocenters. The highest BCUT2D eigenvalue weighted by Gasteiger charge is 2.29. The molecule has 2 rings (SSSR count). The summed E-state index contributed by atoms with van der Waals surface area (Å²) in [6.45, 7) is 6.33. The van der Waals surface area contributed by atoms with Crippen molar-refractivity contribution in [3.05, 3.63) is 62.0 Å². The van der Waals surface area contributed by atoms with Crippen LogP contribution in [0, 0.1) is 6.92 Å². The molecule has 8 heteroatoms. The number of aryl methyl sites for hydroxylation is 1. The predicted molar refractivity (Wildman–Crippen MR) is 129 cm³/mol. The van der Waals surface area contributed by atoms with Crippen molar-refractivity contribution >= 4 is 50.9 Å². The smallest absolute Gasteiger partial charge is 0.261 e. The number of halogens is 3. The number of carbonyl (C=O) groups excluding carboxylic acids is 2. The molecule has 2 aromatic carbocycles. The normalized spacial score (nSPS) is 11.7. The number of hydrogen-bond acceptors (Lipinski definition) is 3. The van der Waals surface area contributed by atoms with Gasteiger partial charge in [0.2, 0.25) is 5.91 Å². The molecule has 0 aromatic heterocycles. The maximum absolute atomic E-state index is 13.2. The highest BCUT2D eigenvalue weighted by molar-refractivity contribution is 9.10. The third kappa shape index (κ3) is 7.41. The average molecular weight is 530 g/mol. The molecule has 0 radical (unpaired) electrons. The minimum Gasteiger partial charge on any atom is -0.484 e. The Bertz CT molecular complexity index is 924. The highest BCUT2D eigenvalue weighted by atomic mass is 79.9. The average Bonchev–Trinajstić information content (AvgIpc) is 2.74. The van der Waals surface area contributed by atoms with Crippen LogP contribution in [0.3, 0.4) is 0 Å². The van der Waals surface area contributed by atoms with E-state index >= 15 is 0 Å². The van der Waals surface area contributed by atoms with Gasteiger partial charge in [0.05, 0.1) is 0 Å². The van der Waals surface area contributed by atoms with E-state index in [4.69, 9.17) is 27.9 Å². The van der Waals surface area contributed by atoms with Crippen LogP contribution in [0.25, 0.3) is 0 Å². The Kier molecular flexibility index (Phi) is 10.1. The fourth-order valence-electron chi connectivity index (χ4n) is 3.05. The molecule has 31 heavy (non-hydrogen) atoms. The fourth-order valence-corrected chi connectivity index (χ4v) is 3.77. The summed E-state index contributed by atoms with van der Waals surface area (Å²) in [7, 11) is 0. The molecule has 168 valence electrons. The maximum Gasteiger partial charge on any atom is 0.261 e. The number of nitrogens with zero attached hydrogens (tertiary/aromatic N) is 1. The van der Waals surface area contributed by atoms with Crippen molar-refractivity contribution in [2.75, 3.05) is 13.2 Å². The summed E-state index contributed by atoms with van der Waals surface area (Å²) < 4.78 is 6.69. The lowest BCUT2D eigenvalue weighted by molar-refractivity contribution is -0.143. The second-order valence-corrected chi connectivity index (χ2v) is 8.87. The van der Waals surface area contributed by atoms with Crippen molar-refractivity contribution in [3.8, 4) is 5.75 Å². The van der Waals surface area contributed by atoms with Crippen molar-refractivity contribution in [2.24, 2.45) is 0 Å². The molecule has 2 amide bonds. The zero-order valence-electron chi connectivity index (χ0n) is 17.9. The SMILES string of the molecule is CCCNC(=O)C(CC)N(Cc1ccc(Cl)cc1Cl)C(=O)COc1ccc(Br)c(C)c1. The molecule has 1 atom stereocenters. The van der Waals surface area contributed by atoms with Gasteiger partial charge in [-0.25, -0.2) is 0 Å². The van der Waals surface area contributed by atoms with E-state index in [0.29, 0.717) is 34.3 Å². The second kappa shape index (κ2) is 12.3. The summed E-state index contributed by atoms with van der Waals surface area (Å²) in [5.74, 6) is 0.0920. The molecular formula is C23H27BrCl2N2O3. The van der Waals surface area contributed by atoms with Gasteiger partial charge in [-0.2, -0.15) is 0 Å². The highest BCUT2D eigenvalue weighted by Crippen LogP contribution is 2.25. The molecular weight excluding hydrogens is 503 g/mol. The van der Waals surface area contributed by atoms with E-state index in [-0.39, 0.29) is 25.0 Å². The molecule has 0 aliphatic rings. The summed E-state index contributed by atoms with van der Waals surface area (Å²) >= 11 is 15.8. The van der Waals surface area contributed by atoms with Crippen LogP contribution in [0.15, 0.2) is 40.9 Å². The molecule has 0 spiro atoms. The molecule has 0 saturated carbocycles. The van der Waals surface area contributed by atoms with Gasteiger partial charge in [0.1, 0.15) is 11.8 Å². The van der Waals surface area contributed by atoms with Crippen LogP contribution in [-0.2, 0) is 16.1 Å². The first-order valence-corrected chi connectivity index (χ1v) is 11.7. The third-order valence-electron chi connectivity index (χ3n) is 4.78. The lowest BCUT2D eigenvalue weighted by atomic mass is 10.1. The third-order valence-corrected chi connectivity index (χ3v) is 6.26. The van der Waals surface area contributed by atoms with Gasteiger partial charge >= 0.3 is 0 Å². The molecule has 0 aliphatic carbocycles. The van der Waals surface area contributed by atoms with Gasteiger partial charge in [-0.1, -0.05) is 59.0 Å². The van der Waals surface area contributed by atoms with Crippen LogP contribution < -0.4 is 10.1 Å². The first kappa shape index (κ1) is 25.5. The Morgan fingerprint density at radius 2 is 1.90 bits per heavy atom. The van der Waals surface area contributed by atoms with Gasteiger partial charge in [-0.15, -0.1) is 0 Å². The number of amides is 2. The largest absolute Gasteiger partial charge is 0.484 e. The second-order valence-electron chi connectivity index (χ2n) is 7.17. The van der Waals surface area contributed by atoms with Crippen molar-refractivity contribution < 1.29 is 14.3 Å². The Morgan fingerprint density at radius 3 is 2.52 bits per heavy atom. The van der Waals surface area contributed by atoms with Crippen LogP contribution in [0.1, 0.15) is 37.8 Å². The molecule has 0 aliphatic heterocycles. The molecule has 0 saturated heterocycles. The lowest BCUT2D eigenvalue weighted by Gasteiger charge is -2.31. The topological polar surface area (TPSA) is 58.6 Å². The van der Waals surface area contributed by atoms with E-state index in [1.54, 1.807) is 24.3 Å². The first-order valence-electron chi connectivity index (χ1n) is 10.2. The van der Waals surface area contributed by atoms with Crippen LogP contribution in [0.2, 0.25) is 10.0 Å². The Balaban J connectivity index is 2.24. The molecule has 5 nitrogen and oxygen atoms in total. The van der Waals surface area contributed by atoms with Crippen molar-refractivity contribution in [2.45, 2.75) is 46.2 Å². The summed E-state index contributed by atoms with van der Waals surface area (Å²) in [6, 6.07) is 9.97. The van der Waals surface area contributed by atoms with E-state index < -0.39 is 6.04 Å². The van der Waals surface area contributed by atoms with Crippen molar-refractivity contribution in [1.29, 1.82) is 0 Å². The van der Waals surface area contributed by atoms with Crippen molar-refractivity contribution in [3.63, 3.8) is 0 Å². The van der Waals surface area contributed by atoms with Gasteiger partial charge in [0.15, 0.2) is 6.61 Å². The van der Waals surface area contributed by atoms with E-state index in [0.717, 1.165) is 16.5 Å². The molecule has 2 aromatic rings. The number of ether oxygens (including phenoxy) is 1. The summed E-state index contributed by atoms with van der Waals surface area (Å²) in [4.78, 5) is 27.5. The first-order chi connectivity index (χ1) is 14.8. The van der Waals surface area contributed by atoms with Crippen molar-refractivity contribution in [1.82, 2.24) is 10.2 Å². The summed E-state index contributed by atoms with van der Waals surface area (Å²) in [5.41, 5.74) is 1.71. The molecule has 1 N–H and O–H groups in total. The van der Waals surface area contributed by atoms with Gasteiger partial charge < -0.3 is 15.0 Å². The van der Waals surface area contributed by atoms with Crippen LogP contribution in [0.4, 0.5) is 0 Å². The van der Waals surface area contributed by atoms with Crippen LogP contribution >= 0.6 is 39.1 Å². The molecule has 0 heterocycles. The lowest BCUT2D eigenvalue weighted by Crippen LogP contribution is -2.50. The van der Waals surface area contributed by atoms with Crippen LogP contribution in [0.5, 0.6) is 5.75 Å². The maximum atomic E-state index is 13.2. The Morgan fingerprint density at radius 1 is 1.16 bits per heavy atom. The zero-order valence-corrected chi connectivity index (χ0v) is 21.0. The minimum atomic E-state index is -0.638. The summed E-state index contributed by atoms with van der Waals surface area (Å²) in [5, 5.41) is 3.83. The molecule has 0 fully saturated rings. The molecule has 0 bridgehead atoms. The van der Waals surface area contributed by atoms with Gasteiger partial charge in [0.25, 0.3) is 5.91 Å². The number of rotatable bonds is 10. The minimum absolute atomic E-state index is 0.176. The Hall–Kier alpha value is -1.76. The van der Waals surface area contributed by atoms with E-state index in [1.165, 1.54) is 4.90 Å². The van der Waals surface area contributed by atoms with E-state index in [1.807, 2.05) is 32.9 Å². The monoisotopic (exact) mass is 528 g/mol.